The zero-order chi connectivity index (χ0) is 14.2. The third-order valence-electron chi connectivity index (χ3n) is 3.29. The van der Waals surface area contributed by atoms with Gasteiger partial charge in [0.05, 0.1) is 5.37 Å². The van der Waals surface area contributed by atoms with Crippen molar-refractivity contribution < 1.29 is 14.7 Å². The first-order chi connectivity index (χ1) is 8.93. The van der Waals surface area contributed by atoms with E-state index in [1.54, 1.807) is 41.7 Å². The Labute approximate surface area is 116 Å². The van der Waals surface area contributed by atoms with Crippen molar-refractivity contribution in [2.45, 2.75) is 25.3 Å². The molecular weight excluding hydrogens is 264 g/mol. The van der Waals surface area contributed by atoms with E-state index in [0.29, 0.717) is 11.4 Å². The standard InChI is InChI=1S/C13H18N2O3S/c1-8(2)12-15(10(7-19-12)13(17)18)11(16)9-5-4-6-14(9)3/h4-6,8,10,12H,7H2,1-3H3,(H,17,18). The number of hydrogen-bond donors (Lipinski definition) is 1. The Morgan fingerprint density at radius 3 is 2.63 bits per heavy atom. The average molecular weight is 282 g/mol. The van der Waals surface area contributed by atoms with E-state index in [1.165, 1.54) is 4.90 Å². The van der Waals surface area contributed by atoms with Gasteiger partial charge in [-0.25, -0.2) is 4.79 Å². The molecule has 1 fully saturated rings. The van der Waals surface area contributed by atoms with Crippen molar-refractivity contribution in [3.8, 4) is 0 Å². The maximum atomic E-state index is 12.6. The minimum atomic E-state index is -0.932. The Morgan fingerprint density at radius 1 is 1.47 bits per heavy atom. The van der Waals surface area contributed by atoms with Crippen LogP contribution in [-0.4, -0.2) is 43.6 Å². The summed E-state index contributed by atoms with van der Waals surface area (Å²) >= 11 is 1.54. The van der Waals surface area contributed by atoms with Gasteiger partial charge in [0.2, 0.25) is 0 Å². The van der Waals surface area contributed by atoms with E-state index in [0.717, 1.165) is 0 Å². The van der Waals surface area contributed by atoms with E-state index < -0.39 is 12.0 Å². The fourth-order valence-corrected chi connectivity index (χ4v) is 3.78. The van der Waals surface area contributed by atoms with E-state index >= 15 is 0 Å². The maximum absolute atomic E-state index is 12.6. The molecule has 1 aromatic rings. The lowest BCUT2D eigenvalue weighted by Crippen LogP contribution is -2.47. The van der Waals surface area contributed by atoms with E-state index in [4.69, 9.17) is 0 Å². The van der Waals surface area contributed by atoms with Crippen LogP contribution in [0, 0.1) is 5.92 Å². The van der Waals surface area contributed by atoms with Gasteiger partial charge in [-0.3, -0.25) is 4.79 Å². The predicted molar refractivity (Wildman–Crippen MR) is 74.1 cm³/mol. The SMILES string of the molecule is CC(C)C1SCC(C(=O)O)N1C(=O)c1cccn1C. The van der Waals surface area contributed by atoms with Crippen LogP contribution in [-0.2, 0) is 11.8 Å². The van der Waals surface area contributed by atoms with Crippen LogP contribution in [0.5, 0.6) is 0 Å². The maximum Gasteiger partial charge on any atom is 0.327 e. The van der Waals surface area contributed by atoms with Gasteiger partial charge in [0.1, 0.15) is 11.7 Å². The van der Waals surface area contributed by atoms with Crippen molar-refractivity contribution in [2.75, 3.05) is 5.75 Å². The number of nitrogens with zero attached hydrogens (tertiary/aromatic N) is 2. The first-order valence-corrected chi connectivity index (χ1v) is 7.26. The largest absolute Gasteiger partial charge is 0.480 e. The topological polar surface area (TPSA) is 62.5 Å². The van der Waals surface area contributed by atoms with Gasteiger partial charge in [-0.1, -0.05) is 13.8 Å². The zero-order valence-electron chi connectivity index (χ0n) is 11.2. The summed E-state index contributed by atoms with van der Waals surface area (Å²) < 4.78 is 1.72. The molecule has 0 spiro atoms. The minimum Gasteiger partial charge on any atom is -0.480 e. The highest BCUT2D eigenvalue weighted by molar-refractivity contribution is 8.00. The molecule has 0 bridgehead atoms. The summed E-state index contributed by atoms with van der Waals surface area (Å²) in [6, 6.07) is 2.78. The second kappa shape index (κ2) is 5.28. The summed E-state index contributed by atoms with van der Waals surface area (Å²) in [5, 5.41) is 9.20. The van der Waals surface area contributed by atoms with Crippen LogP contribution in [0.15, 0.2) is 18.3 Å². The summed E-state index contributed by atoms with van der Waals surface area (Å²) in [4.78, 5) is 25.4. The van der Waals surface area contributed by atoms with Crippen LogP contribution in [0.4, 0.5) is 0 Å². The van der Waals surface area contributed by atoms with E-state index in [1.807, 2.05) is 13.8 Å². The number of carboxylic acid groups (broad SMARTS) is 1. The molecule has 1 aromatic heterocycles. The summed E-state index contributed by atoms with van der Waals surface area (Å²) in [6.07, 6.45) is 1.79. The Hall–Kier alpha value is -1.43. The lowest BCUT2D eigenvalue weighted by molar-refractivity contribution is -0.141. The molecule has 0 saturated carbocycles. The van der Waals surface area contributed by atoms with Crippen LogP contribution in [0.25, 0.3) is 0 Å². The highest BCUT2D eigenvalue weighted by Crippen LogP contribution is 2.35. The number of carbonyl (C=O) groups is 2. The molecule has 0 aromatic carbocycles. The number of aliphatic carboxylic acids is 1. The van der Waals surface area contributed by atoms with Gasteiger partial charge in [0.15, 0.2) is 0 Å². The minimum absolute atomic E-state index is 0.0801. The number of carboxylic acids is 1. The first kappa shape index (κ1) is 14.0. The zero-order valence-corrected chi connectivity index (χ0v) is 12.1. The smallest absolute Gasteiger partial charge is 0.327 e. The number of aryl methyl sites for hydroxylation is 1. The Kier molecular flexibility index (Phi) is 3.89. The summed E-state index contributed by atoms with van der Waals surface area (Å²) in [7, 11) is 1.79. The van der Waals surface area contributed by atoms with Crippen LogP contribution >= 0.6 is 11.8 Å². The van der Waals surface area contributed by atoms with Crippen molar-refractivity contribution >= 4 is 23.6 Å². The molecule has 1 aliphatic rings. The normalized spacial score (nSPS) is 23.1. The van der Waals surface area contributed by atoms with Crippen molar-refractivity contribution in [1.29, 1.82) is 0 Å². The molecular formula is C13H18N2O3S. The van der Waals surface area contributed by atoms with Crippen molar-refractivity contribution in [3.05, 3.63) is 24.0 Å². The second-order valence-corrected chi connectivity index (χ2v) is 6.19. The van der Waals surface area contributed by atoms with Crippen LogP contribution < -0.4 is 0 Å². The molecule has 2 atom stereocenters. The second-order valence-electron chi connectivity index (χ2n) is 5.04. The number of carbonyl (C=O) groups excluding carboxylic acids is 1. The van der Waals surface area contributed by atoms with Gasteiger partial charge in [-0.15, -0.1) is 11.8 Å². The Morgan fingerprint density at radius 2 is 2.16 bits per heavy atom. The van der Waals surface area contributed by atoms with Crippen LogP contribution in [0.2, 0.25) is 0 Å². The summed E-state index contributed by atoms with van der Waals surface area (Å²) in [6.45, 7) is 4.01. The lowest BCUT2D eigenvalue weighted by Gasteiger charge is -2.29. The van der Waals surface area contributed by atoms with E-state index in [9.17, 15) is 14.7 Å². The van der Waals surface area contributed by atoms with Gasteiger partial charge in [0, 0.05) is 19.0 Å². The predicted octanol–water partition coefficient (Wildman–Crippen LogP) is 1.65. The van der Waals surface area contributed by atoms with Crippen LogP contribution in [0.3, 0.4) is 0 Å². The number of amides is 1. The van der Waals surface area contributed by atoms with Crippen molar-refractivity contribution in [1.82, 2.24) is 9.47 Å². The van der Waals surface area contributed by atoms with Gasteiger partial charge < -0.3 is 14.6 Å². The molecule has 0 radical (unpaired) electrons. The van der Waals surface area contributed by atoms with Gasteiger partial charge in [-0.05, 0) is 18.1 Å². The number of thioether (sulfide) groups is 1. The molecule has 2 heterocycles. The molecule has 0 aliphatic carbocycles. The molecule has 104 valence electrons. The number of rotatable bonds is 3. The van der Waals surface area contributed by atoms with Gasteiger partial charge in [-0.2, -0.15) is 0 Å². The molecule has 5 nitrogen and oxygen atoms in total. The Balaban J connectivity index is 2.34. The Bertz CT molecular complexity index is 498. The third kappa shape index (κ3) is 2.49. The van der Waals surface area contributed by atoms with Gasteiger partial charge in [0.25, 0.3) is 5.91 Å². The highest BCUT2D eigenvalue weighted by atomic mass is 32.2. The molecule has 19 heavy (non-hydrogen) atoms. The fraction of sp³-hybridized carbons (Fsp3) is 0.538. The number of hydrogen-bond acceptors (Lipinski definition) is 3. The average Bonchev–Trinajstić information content (AvgIpc) is 2.93. The highest BCUT2D eigenvalue weighted by Gasteiger charge is 2.43. The molecule has 1 saturated heterocycles. The molecule has 6 heteroatoms. The molecule has 2 unspecified atom stereocenters. The number of aromatic nitrogens is 1. The molecule has 1 aliphatic heterocycles. The third-order valence-corrected chi connectivity index (χ3v) is 4.91. The van der Waals surface area contributed by atoms with Crippen molar-refractivity contribution in [3.63, 3.8) is 0 Å². The summed E-state index contributed by atoms with van der Waals surface area (Å²) in [5.74, 6) is -0.464. The van der Waals surface area contributed by atoms with E-state index in [-0.39, 0.29) is 17.2 Å². The van der Waals surface area contributed by atoms with Crippen molar-refractivity contribution in [2.24, 2.45) is 13.0 Å². The first-order valence-electron chi connectivity index (χ1n) is 6.22. The fourth-order valence-electron chi connectivity index (χ4n) is 2.30. The molecule has 2 rings (SSSR count). The summed E-state index contributed by atoms with van der Waals surface area (Å²) in [5.41, 5.74) is 0.527. The molecule has 1 N–H and O–H groups in total. The molecule has 1 amide bonds. The van der Waals surface area contributed by atoms with Crippen LogP contribution in [0.1, 0.15) is 24.3 Å². The van der Waals surface area contributed by atoms with E-state index in [2.05, 4.69) is 0 Å². The lowest BCUT2D eigenvalue weighted by atomic mass is 10.1. The monoisotopic (exact) mass is 282 g/mol. The quantitative estimate of drug-likeness (QED) is 0.915. The van der Waals surface area contributed by atoms with Gasteiger partial charge >= 0.3 is 5.97 Å².